The third kappa shape index (κ3) is 4.54. The summed E-state index contributed by atoms with van der Waals surface area (Å²) in [6.45, 7) is 0. The minimum atomic E-state index is -0.556. The highest BCUT2D eigenvalue weighted by Crippen LogP contribution is 2.63. The summed E-state index contributed by atoms with van der Waals surface area (Å²) in [5, 5.41) is 2.38. The summed E-state index contributed by atoms with van der Waals surface area (Å²) in [5.74, 6) is 3.68. The van der Waals surface area contributed by atoms with E-state index in [1.165, 1.54) is 27.6 Å². The lowest BCUT2D eigenvalue weighted by atomic mass is 9.66. The van der Waals surface area contributed by atoms with Crippen LogP contribution >= 0.6 is 0 Å². The fourth-order valence-electron chi connectivity index (χ4n) is 9.38. The summed E-state index contributed by atoms with van der Waals surface area (Å²) in [7, 11) is 0. The molecule has 2 aromatic heterocycles. The zero-order valence-corrected chi connectivity index (χ0v) is 30.7. The average Bonchev–Trinajstić information content (AvgIpc) is 3.77. The van der Waals surface area contributed by atoms with Gasteiger partial charge in [-0.05, 0) is 58.7 Å². The van der Waals surface area contributed by atoms with Crippen LogP contribution in [0.4, 0.5) is 0 Å². The summed E-state index contributed by atoms with van der Waals surface area (Å²) < 4.78 is 9.02. The van der Waals surface area contributed by atoms with Gasteiger partial charge in [0.2, 0.25) is 0 Å². The largest absolute Gasteiger partial charge is 0.457 e. The van der Waals surface area contributed by atoms with Gasteiger partial charge in [0, 0.05) is 44.3 Å². The first-order valence-electron chi connectivity index (χ1n) is 19.3. The number of rotatable bonds is 4. The highest BCUT2D eigenvalue weighted by atomic mass is 16.5. The zero-order chi connectivity index (χ0) is 37.5. The monoisotopic (exact) mass is 728 g/mol. The Bertz CT molecular complexity index is 3110. The van der Waals surface area contributed by atoms with E-state index in [9.17, 15) is 0 Å². The molecule has 0 radical (unpaired) electrons. The Hall–Kier alpha value is -7.63. The van der Waals surface area contributed by atoms with Crippen LogP contribution in [0.15, 0.2) is 194 Å². The summed E-state index contributed by atoms with van der Waals surface area (Å²) >= 11 is 0. The summed E-state index contributed by atoms with van der Waals surface area (Å²) in [4.78, 5) is 15.2. The van der Waals surface area contributed by atoms with Gasteiger partial charge in [0.15, 0.2) is 17.5 Å². The predicted molar refractivity (Wildman–Crippen MR) is 228 cm³/mol. The van der Waals surface area contributed by atoms with Gasteiger partial charge >= 0.3 is 0 Å². The van der Waals surface area contributed by atoms with Gasteiger partial charge in [-0.1, -0.05) is 158 Å². The second kappa shape index (κ2) is 12.2. The van der Waals surface area contributed by atoms with Gasteiger partial charge in [-0.25, -0.2) is 15.0 Å². The Balaban J connectivity index is 1.17. The topological polar surface area (TPSA) is 52.8 Å². The van der Waals surface area contributed by atoms with Gasteiger partial charge in [0.25, 0.3) is 0 Å². The molecule has 0 unspecified atom stereocenters. The molecule has 1 aliphatic heterocycles. The molecular formula is C52H32N4O. The van der Waals surface area contributed by atoms with Crippen molar-refractivity contribution in [1.82, 2.24) is 19.5 Å². The third-order valence-electron chi connectivity index (χ3n) is 11.7. The van der Waals surface area contributed by atoms with Gasteiger partial charge in [0.1, 0.15) is 11.5 Å². The molecule has 5 heteroatoms. The van der Waals surface area contributed by atoms with E-state index in [1.807, 2.05) is 60.7 Å². The van der Waals surface area contributed by atoms with Crippen molar-refractivity contribution in [3.05, 3.63) is 216 Å². The molecular weight excluding hydrogens is 697 g/mol. The highest BCUT2D eigenvalue weighted by Gasteiger charge is 2.51. The van der Waals surface area contributed by atoms with Crippen LogP contribution in [-0.2, 0) is 5.41 Å². The number of para-hydroxylation sites is 3. The molecule has 0 N–H and O–H groups in total. The standard InChI is InChI=1S/C52H32N4O/c1-4-16-33(17-5-1)49-53-50(34-18-6-2-7-19-34)55-51(54-49)35-28-29-38-44(32-35)56(36-20-8-3-9-21-36)43-31-30-42-47(48(38)43)37-22-10-11-23-39(37)52(42)40-24-12-14-26-45(40)57-46-27-15-13-25-41(46)52/h1-32H. The second-order valence-electron chi connectivity index (χ2n) is 14.7. The van der Waals surface area contributed by atoms with E-state index in [-0.39, 0.29) is 0 Å². The van der Waals surface area contributed by atoms with E-state index < -0.39 is 5.41 Å². The predicted octanol–water partition coefficient (Wildman–Crippen LogP) is 12.4. The Morgan fingerprint density at radius 1 is 0.404 bits per heavy atom. The molecule has 57 heavy (non-hydrogen) atoms. The number of ether oxygens (including phenoxy) is 1. The number of nitrogens with zero attached hydrogens (tertiary/aromatic N) is 4. The molecule has 10 aromatic rings. The van der Waals surface area contributed by atoms with Crippen LogP contribution in [0.2, 0.25) is 0 Å². The van der Waals surface area contributed by atoms with E-state index in [2.05, 4.69) is 138 Å². The first-order chi connectivity index (χ1) is 28.3. The van der Waals surface area contributed by atoms with Crippen molar-refractivity contribution in [1.29, 1.82) is 0 Å². The fourth-order valence-corrected chi connectivity index (χ4v) is 9.38. The molecule has 266 valence electrons. The van der Waals surface area contributed by atoms with E-state index in [0.29, 0.717) is 17.5 Å². The van der Waals surface area contributed by atoms with Crippen molar-refractivity contribution >= 4 is 21.8 Å². The van der Waals surface area contributed by atoms with Crippen molar-refractivity contribution in [3.8, 4) is 62.5 Å². The molecule has 1 aliphatic carbocycles. The smallest absolute Gasteiger partial charge is 0.164 e. The Morgan fingerprint density at radius 2 is 0.930 bits per heavy atom. The normalized spacial score (nSPS) is 13.2. The number of aromatic nitrogens is 4. The number of benzene rings is 8. The molecule has 8 aromatic carbocycles. The van der Waals surface area contributed by atoms with Crippen LogP contribution in [0.3, 0.4) is 0 Å². The van der Waals surface area contributed by atoms with Crippen LogP contribution in [0, 0.1) is 0 Å². The fraction of sp³-hybridized carbons (Fsp3) is 0.0192. The van der Waals surface area contributed by atoms with Gasteiger partial charge < -0.3 is 9.30 Å². The van der Waals surface area contributed by atoms with Crippen molar-refractivity contribution in [3.63, 3.8) is 0 Å². The van der Waals surface area contributed by atoms with E-state index in [1.54, 1.807) is 0 Å². The molecule has 2 aliphatic rings. The minimum Gasteiger partial charge on any atom is -0.457 e. The zero-order valence-electron chi connectivity index (χ0n) is 30.7. The maximum absolute atomic E-state index is 6.62. The van der Waals surface area contributed by atoms with Gasteiger partial charge in [-0.3, -0.25) is 0 Å². The third-order valence-corrected chi connectivity index (χ3v) is 11.7. The van der Waals surface area contributed by atoms with Gasteiger partial charge in [-0.2, -0.15) is 0 Å². The molecule has 1 spiro atoms. The van der Waals surface area contributed by atoms with Crippen molar-refractivity contribution in [2.24, 2.45) is 0 Å². The Kier molecular flexibility index (Phi) is 6.78. The molecule has 0 bridgehead atoms. The average molecular weight is 729 g/mol. The van der Waals surface area contributed by atoms with Gasteiger partial charge in [0.05, 0.1) is 16.4 Å². The van der Waals surface area contributed by atoms with E-state index in [4.69, 9.17) is 19.7 Å². The quantitative estimate of drug-likeness (QED) is 0.181. The van der Waals surface area contributed by atoms with Crippen molar-refractivity contribution in [2.75, 3.05) is 0 Å². The second-order valence-corrected chi connectivity index (χ2v) is 14.7. The maximum Gasteiger partial charge on any atom is 0.164 e. The summed E-state index contributed by atoms with van der Waals surface area (Å²) in [6, 6.07) is 68.3. The summed E-state index contributed by atoms with van der Waals surface area (Å²) in [5.41, 5.74) is 12.9. The van der Waals surface area contributed by atoms with Crippen LogP contribution in [0.1, 0.15) is 22.3 Å². The lowest BCUT2D eigenvalue weighted by molar-refractivity contribution is 0.436. The van der Waals surface area contributed by atoms with Crippen molar-refractivity contribution < 1.29 is 4.74 Å². The minimum absolute atomic E-state index is 0.556. The number of hydrogen-bond acceptors (Lipinski definition) is 4. The Labute approximate surface area is 329 Å². The molecule has 0 amide bonds. The van der Waals surface area contributed by atoms with Crippen LogP contribution in [0.5, 0.6) is 11.5 Å². The number of fused-ring (bicyclic) bond motifs is 13. The lowest BCUT2D eigenvalue weighted by Crippen LogP contribution is -2.32. The SMILES string of the molecule is c1ccc(-c2nc(-c3ccccc3)nc(-c3ccc4c5c6c(ccc5n(-c5ccccc5)c4c3)C3(c4ccccc4Oc4ccccc43)c3ccccc3-6)n2)cc1. The number of hydrogen-bond donors (Lipinski definition) is 0. The van der Waals surface area contributed by atoms with Crippen molar-refractivity contribution in [2.45, 2.75) is 5.41 Å². The first-order valence-corrected chi connectivity index (χ1v) is 19.3. The van der Waals surface area contributed by atoms with E-state index in [0.717, 1.165) is 61.4 Å². The lowest BCUT2D eigenvalue weighted by Gasteiger charge is -2.39. The van der Waals surface area contributed by atoms with Crippen LogP contribution in [0.25, 0.3) is 72.8 Å². The summed E-state index contributed by atoms with van der Waals surface area (Å²) in [6.07, 6.45) is 0. The maximum atomic E-state index is 6.62. The molecule has 12 rings (SSSR count). The van der Waals surface area contributed by atoms with Gasteiger partial charge in [-0.15, -0.1) is 0 Å². The molecule has 0 saturated carbocycles. The molecule has 0 fully saturated rings. The molecule has 0 atom stereocenters. The highest BCUT2D eigenvalue weighted by molar-refractivity contribution is 6.19. The Morgan fingerprint density at radius 3 is 1.56 bits per heavy atom. The van der Waals surface area contributed by atoms with Crippen LogP contribution in [-0.4, -0.2) is 19.5 Å². The molecule has 3 heterocycles. The molecule has 0 saturated heterocycles. The van der Waals surface area contributed by atoms with Crippen LogP contribution < -0.4 is 4.74 Å². The molecule has 5 nitrogen and oxygen atoms in total. The first kappa shape index (κ1) is 31.7. The van der Waals surface area contributed by atoms with E-state index >= 15 is 0 Å².